The third kappa shape index (κ3) is 2.97. The second-order valence-electron chi connectivity index (χ2n) is 4.37. The average Bonchev–Trinajstić information content (AvgIpc) is 2.83. The number of carbonyl (C=O) groups excluding carboxylic acids is 3. The van der Waals surface area contributed by atoms with E-state index in [-0.39, 0.29) is 17.8 Å². The van der Waals surface area contributed by atoms with Crippen molar-refractivity contribution in [1.82, 2.24) is 4.90 Å². The minimum atomic E-state index is -1.08. The Morgan fingerprint density at radius 3 is 2.14 bits per heavy atom. The highest BCUT2D eigenvalue weighted by Crippen LogP contribution is 2.36. The Bertz CT molecular complexity index is 533. The number of carbonyl (C=O) groups is 3. The number of rotatable bonds is 3. The van der Waals surface area contributed by atoms with Gasteiger partial charge in [0.2, 0.25) is 0 Å². The van der Waals surface area contributed by atoms with Crippen molar-refractivity contribution in [3.05, 3.63) is 11.3 Å². The van der Waals surface area contributed by atoms with Crippen molar-refractivity contribution in [3.8, 4) is 6.07 Å². The van der Waals surface area contributed by atoms with Crippen LogP contribution in [0.5, 0.6) is 0 Å². The molecule has 0 aliphatic carbocycles. The van der Waals surface area contributed by atoms with E-state index < -0.39 is 29.7 Å². The molecule has 1 rings (SSSR count). The van der Waals surface area contributed by atoms with E-state index in [1.54, 1.807) is 13.1 Å². The van der Waals surface area contributed by atoms with Gasteiger partial charge in [0.25, 0.3) is 0 Å². The summed E-state index contributed by atoms with van der Waals surface area (Å²) in [7, 11) is 5.05. The maximum absolute atomic E-state index is 12.0. The van der Waals surface area contributed by atoms with Gasteiger partial charge in [-0.25, -0.2) is 4.79 Å². The highest BCUT2D eigenvalue weighted by Gasteiger charge is 2.48. The Kier molecular flexibility index (Phi) is 5.30. The van der Waals surface area contributed by atoms with E-state index in [1.165, 1.54) is 12.0 Å². The molecule has 1 aliphatic rings. The lowest BCUT2D eigenvalue weighted by Crippen LogP contribution is -2.30. The van der Waals surface area contributed by atoms with Gasteiger partial charge in [0.15, 0.2) is 5.57 Å². The van der Waals surface area contributed by atoms with Gasteiger partial charge in [0.05, 0.1) is 32.9 Å². The molecule has 8 nitrogen and oxygen atoms in total. The minimum absolute atomic E-state index is 0.103. The molecular weight excluding hydrogens is 280 g/mol. The Hall–Kier alpha value is -2.56. The van der Waals surface area contributed by atoms with Crippen LogP contribution in [-0.4, -0.2) is 57.7 Å². The van der Waals surface area contributed by atoms with Crippen LogP contribution in [0.1, 0.15) is 0 Å². The van der Waals surface area contributed by atoms with Crippen molar-refractivity contribution in [3.63, 3.8) is 0 Å². The van der Waals surface area contributed by atoms with E-state index in [4.69, 9.17) is 5.26 Å². The summed E-state index contributed by atoms with van der Waals surface area (Å²) in [6.07, 6.45) is 0. The number of hydrogen-bond donors (Lipinski definition) is 0. The van der Waals surface area contributed by atoms with E-state index in [1.807, 2.05) is 0 Å². The molecule has 0 bridgehead atoms. The zero-order chi connectivity index (χ0) is 16.2. The van der Waals surface area contributed by atoms with Gasteiger partial charge >= 0.3 is 17.9 Å². The van der Waals surface area contributed by atoms with Crippen molar-refractivity contribution in [2.75, 3.05) is 34.9 Å². The summed E-state index contributed by atoms with van der Waals surface area (Å²) in [4.78, 5) is 37.0. The van der Waals surface area contributed by atoms with Crippen molar-refractivity contribution in [2.24, 2.45) is 11.8 Å². The summed E-state index contributed by atoms with van der Waals surface area (Å²) in [6.45, 7) is 0.129. The van der Waals surface area contributed by atoms with Gasteiger partial charge < -0.3 is 19.1 Å². The second-order valence-corrected chi connectivity index (χ2v) is 4.37. The standard InChI is InChI=1S/C13H16N2O6/c1-15-6-8(12(17)20-3)9(13(18)21-4)10(15)7(5-14)11(16)19-2/h8-9H,6H2,1-4H3/b10-7-/t8-,9+/m0/s1. The minimum Gasteiger partial charge on any atom is -0.469 e. The number of ether oxygens (including phenoxy) is 3. The quantitative estimate of drug-likeness (QED) is 0.296. The van der Waals surface area contributed by atoms with Crippen molar-refractivity contribution >= 4 is 17.9 Å². The highest BCUT2D eigenvalue weighted by atomic mass is 16.5. The molecule has 8 heteroatoms. The van der Waals surface area contributed by atoms with Crippen LogP contribution in [0.15, 0.2) is 11.3 Å². The fraction of sp³-hybridized carbons (Fsp3) is 0.538. The number of methoxy groups -OCH3 is 3. The SMILES string of the molecule is COC(=O)/C(C#N)=C1/[C@H](C(=O)OC)[C@@H](C(=O)OC)CN1C. The van der Waals surface area contributed by atoms with Crippen LogP contribution >= 0.6 is 0 Å². The predicted molar refractivity (Wildman–Crippen MR) is 68.3 cm³/mol. The van der Waals surface area contributed by atoms with E-state index in [0.29, 0.717) is 0 Å². The molecular formula is C13H16N2O6. The second kappa shape index (κ2) is 6.74. The van der Waals surface area contributed by atoms with Crippen molar-refractivity contribution < 1.29 is 28.6 Å². The molecule has 0 amide bonds. The Balaban J connectivity index is 3.44. The van der Waals surface area contributed by atoms with Crippen LogP contribution in [0.3, 0.4) is 0 Å². The summed E-state index contributed by atoms with van der Waals surface area (Å²) in [5.41, 5.74) is -0.228. The summed E-state index contributed by atoms with van der Waals surface area (Å²) in [5.74, 6) is -4.15. The summed E-state index contributed by atoms with van der Waals surface area (Å²) < 4.78 is 13.9. The molecule has 0 aromatic heterocycles. The Morgan fingerprint density at radius 1 is 1.14 bits per heavy atom. The lowest BCUT2D eigenvalue weighted by atomic mass is 9.91. The molecule has 1 heterocycles. The maximum atomic E-state index is 12.0. The molecule has 0 aromatic rings. The van der Waals surface area contributed by atoms with E-state index in [9.17, 15) is 14.4 Å². The lowest BCUT2D eigenvalue weighted by Gasteiger charge is -2.17. The number of nitrogens with zero attached hydrogens (tertiary/aromatic N) is 2. The third-order valence-electron chi connectivity index (χ3n) is 3.30. The van der Waals surface area contributed by atoms with Crippen LogP contribution < -0.4 is 0 Å². The van der Waals surface area contributed by atoms with Crippen molar-refractivity contribution in [2.45, 2.75) is 0 Å². The van der Waals surface area contributed by atoms with Gasteiger partial charge in [-0.05, 0) is 0 Å². The molecule has 2 atom stereocenters. The van der Waals surface area contributed by atoms with Gasteiger partial charge in [0, 0.05) is 13.6 Å². The fourth-order valence-corrected chi connectivity index (χ4v) is 2.35. The average molecular weight is 296 g/mol. The molecule has 21 heavy (non-hydrogen) atoms. The molecule has 0 aromatic carbocycles. The molecule has 0 radical (unpaired) electrons. The topological polar surface area (TPSA) is 106 Å². The van der Waals surface area contributed by atoms with Crippen LogP contribution in [0, 0.1) is 23.2 Å². The first kappa shape index (κ1) is 16.5. The largest absolute Gasteiger partial charge is 0.469 e. The predicted octanol–water partition coefficient (Wildman–Crippen LogP) is -0.539. The molecule has 1 aliphatic heterocycles. The molecule has 0 spiro atoms. The smallest absolute Gasteiger partial charge is 0.350 e. The lowest BCUT2D eigenvalue weighted by molar-refractivity contribution is -0.154. The number of hydrogen-bond acceptors (Lipinski definition) is 8. The first-order valence-corrected chi connectivity index (χ1v) is 6.02. The molecule has 0 N–H and O–H groups in total. The molecule has 1 saturated heterocycles. The van der Waals surface area contributed by atoms with Gasteiger partial charge in [-0.2, -0.15) is 5.26 Å². The van der Waals surface area contributed by atoms with Crippen molar-refractivity contribution in [1.29, 1.82) is 5.26 Å². The molecule has 0 unspecified atom stereocenters. The van der Waals surface area contributed by atoms with Crippen LogP contribution in [0.25, 0.3) is 0 Å². The maximum Gasteiger partial charge on any atom is 0.350 e. The van der Waals surface area contributed by atoms with Crippen LogP contribution in [-0.2, 0) is 28.6 Å². The summed E-state index contributed by atoms with van der Waals surface area (Å²) in [5, 5.41) is 9.16. The number of nitriles is 1. The summed E-state index contributed by atoms with van der Waals surface area (Å²) in [6, 6.07) is 1.72. The first-order chi connectivity index (χ1) is 9.92. The van der Waals surface area contributed by atoms with E-state index >= 15 is 0 Å². The monoisotopic (exact) mass is 296 g/mol. The molecule has 0 saturated carbocycles. The number of likely N-dealkylation sites (tertiary alicyclic amines) is 1. The normalized spacial score (nSPS) is 23.1. The zero-order valence-corrected chi connectivity index (χ0v) is 12.2. The van der Waals surface area contributed by atoms with E-state index in [0.717, 1.165) is 14.2 Å². The summed E-state index contributed by atoms with van der Waals surface area (Å²) >= 11 is 0. The van der Waals surface area contributed by atoms with Crippen LogP contribution in [0.2, 0.25) is 0 Å². The van der Waals surface area contributed by atoms with Gasteiger partial charge in [-0.1, -0.05) is 0 Å². The zero-order valence-electron chi connectivity index (χ0n) is 12.2. The van der Waals surface area contributed by atoms with Gasteiger partial charge in [0.1, 0.15) is 12.0 Å². The number of esters is 3. The fourth-order valence-electron chi connectivity index (χ4n) is 2.35. The van der Waals surface area contributed by atoms with Crippen LogP contribution in [0.4, 0.5) is 0 Å². The molecule has 114 valence electrons. The third-order valence-corrected chi connectivity index (χ3v) is 3.30. The van der Waals surface area contributed by atoms with Gasteiger partial charge in [-0.3, -0.25) is 9.59 Å². The first-order valence-electron chi connectivity index (χ1n) is 6.02. The molecule has 1 fully saturated rings. The van der Waals surface area contributed by atoms with E-state index in [2.05, 4.69) is 14.2 Å². The van der Waals surface area contributed by atoms with Gasteiger partial charge in [-0.15, -0.1) is 0 Å². The Morgan fingerprint density at radius 2 is 1.71 bits per heavy atom. The highest BCUT2D eigenvalue weighted by molar-refractivity contribution is 5.96. The Labute approximate surface area is 121 Å².